The predicted molar refractivity (Wildman–Crippen MR) is 79.8 cm³/mol. The molecule has 0 saturated heterocycles. The lowest BCUT2D eigenvalue weighted by atomic mass is 10.2. The average Bonchev–Trinajstić information content (AvgIpc) is 2.40. The number of carboxylic acids is 1. The number of rotatable bonds is 4. The molecule has 108 valence electrons. The predicted octanol–water partition coefficient (Wildman–Crippen LogP) is 4.01. The van der Waals surface area contributed by atoms with E-state index in [4.69, 9.17) is 9.84 Å². The zero-order valence-electron chi connectivity index (χ0n) is 10.1. The lowest BCUT2D eigenvalue weighted by Gasteiger charge is -2.10. The summed E-state index contributed by atoms with van der Waals surface area (Å²) in [6, 6.07) is 4.29. The van der Waals surface area contributed by atoms with E-state index in [1.54, 1.807) is 0 Å². The Labute approximate surface area is 135 Å². The number of pyridine rings is 1. The SMILES string of the molecule is O=C(O)c1ccc(Br)cc1Oc1c(Br)cncc1[N+](=O)[O-]. The number of hydrogen-bond acceptors (Lipinski definition) is 5. The second-order valence-corrected chi connectivity index (χ2v) is 5.54. The molecule has 0 atom stereocenters. The molecular weight excluding hydrogens is 412 g/mol. The van der Waals surface area contributed by atoms with Crippen molar-refractivity contribution in [2.45, 2.75) is 0 Å². The standard InChI is InChI=1S/C12H6Br2N2O5/c13-6-1-2-7(12(17)18)10(3-6)21-11-8(14)4-15-5-9(11)16(19)20/h1-5H,(H,17,18). The molecule has 0 saturated carbocycles. The fraction of sp³-hybridized carbons (Fsp3) is 0. The second-order valence-electron chi connectivity index (χ2n) is 3.77. The van der Waals surface area contributed by atoms with E-state index in [1.807, 2.05) is 0 Å². The first kappa shape index (κ1) is 15.4. The van der Waals surface area contributed by atoms with E-state index < -0.39 is 10.9 Å². The van der Waals surface area contributed by atoms with Crippen molar-refractivity contribution >= 4 is 43.5 Å². The number of nitro groups is 1. The van der Waals surface area contributed by atoms with Crippen LogP contribution in [0.5, 0.6) is 11.5 Å². The van der Waals surface area contributed by atoms with Gasteiger partial charge in [0.05, 0.1) is 9.40 Å². The number of aromatic carboxylic acids is 1. The summed E-state index contributed by atoms with van der Waals surface area (Å²) in [6.07, 6.45) is 2.35. The molecule has 1 aromatic heterocycles. The zero-order chi connectivity index (χ0) is 15.6. The molecule has 1 aromatic carbocycles. The molecule has 0 amide bonds. The minimum Gasteiger partial charge on any atom is -0.478 e. The molecular formula is C12H6Br2N2O5. The van der Waals surface area contributed by atoms with Crippen molar-refractivity contribution < 1.29 is 19.6 Å². The van der Waals surface area contributed by atoms with Crippen molar-refractivity contribution in [3.05, 3.63) is 55.2 Å². The van der Waals surface area contributed by atoms with Gasteiger partial charge in [-0.15, -0.1) is 0 Å². The van der Waals surface area contributed by atoms with E-state index in [0.29, 0.717) is 4.47 Å². The van der Waals surface area contributed by atoms with Crippen LogP contribution in [-0.2, 0) is 0 Å². The molecule has 1 N–H and O–H groups in total. The van der Waals surface area contributed by atoms with E-state index in [2.05, 4.69) is 36.8 Å². The van der Waals surface area contributed by atoms with E-state index in [9.17, 15) is 14.9 Å². The molecule has 2 rings (SSSR count). The Morgan fingerprint density at radius 2 is 2.05 bits per heavy atom. The maximum Gasteiger partial charge on any atom is 0.339 e. The Morgan fingerprint density at radius 1 is 1.33 bits per heavy atom. The summed E-state index contributed by atoms with van der Waals surface area (Å²) in [4.78, 5) is 25.2. The molecule has 0 aliphatic heterocycles. The highest BCUT2D eigenvalue weighted by Crippen LogP contribution is 2.38. The molecule has 21 heavy (non-hydrogen) atoms. The van der Waals surface area contributed by atoms with Crippen LogP contribution in [0.4, 0.5) is 5.69 Å². The highest BCUT2D eigenvalue weighted by Gasteiger charge is 2.22. The highest BCUT2D eigenvalue weighted by molar-refractivity contribution is 9.10. The Kier molecular flexibility index (Phi) is 4.53. The molecule has 9 heteroatoms. The summed E-state index contributed by atoms with van der Waals surface area (Å²) in [7, 11) is 0. The Hall–Kier alpha value is -2.00. The van der Waals surface area contributed by atoms with Gasteiger partial charge in [-0.2, -0.15) is 0 Å². The smallest absolute Gasteiger partial charge is 0.339 e. The highest BCUT2D eigenvalue weighted by atomic mass is 79.9. The van der Waals surface area contributed by atoms with Gasteiger partial charge in [-0.25, -0.2) is 4.79 Å². The van der Waals surface area contributed by atoms with Crippen molar-refractivity contribution in [1.29, 1.82) is 0 Å². The van der Waals surface area contributed by atoms with E-state index in [-0.39, 0.29) is 27.2 Å². The number of nitrogens with zero attached hydrogens (tertiary/aromatic N) is 2. The molecule has 1 heterocycles. The first-order valence-electron chi connectivity index (χ1n) is 5.38. The van der Waals surface area contributed by atoms with Gasteiger partial charge in [0.15, 0.2) is 0 Å². The molecule has 2 aromatic rings. The van der Waals surface area contributed by atoms with Gasteiger partial charge in [-0.3, -0.25) is 15.1 Å². The quantitative estimate of drug-likeness (QED) is 0.595. The van der Waals surface area contributed by atoms with Crippen molar-refractivity contribution in [2.24, 2.45) is 0 Å². The summed E-state index contributed by atoms with van der Waals surface area (Å²) < 4.78 is 6.26. The molecule has 0 radical (unpaired) electrons. The molecule has 7 nitrogen and oxygen atoms in total. The Balaban J connectivity index is 2.55. The van der Waals surface area contributed by atoms with Crippen LogP contribution in [0.3, 0.4) is 0 Å². The summed E-state index contributed by atoms with van der Waals surface area (Å²) >= 11 is 6.30. The summed E-state index contributed by atoms with van der Waals surface area (Å²) in [5, 5.41) is 20.1. The third kappa shape index (κ3) is 3.37. The second kappa shape index (κ2) is 6.19. The van der Waals surface area contributed by atoms with Gasteiger partial charge in [0.2, 0.25) is 5.75 Å². The number of carboxylic acid groups (broad SMARTS) is 1. The van der Waals surface area contributed by atoms with Crippen LogP contribution >= 0.6 is 31.9 Å². The average molecular weight is 418 g/mol. The fourth-order valence-electron chi connectivity index (χ4n) is 1.51. The van der Waals surface area contributed by atoms with Gasteiger partial charge >= 0.3 is 11.7 Å². The van der Waals surface area contributed by atoms with Crippen LogP contribution in [0.1, 0.15) is 10.4 Å². The molecule has 0 aliphatic carbocycles. The van der Waals surface area contributed by atoms with Crippen LogP contribution in [0, 0.1) is 10.1 Å². The maximum atomic E-state index is 11.2. The largest absolute Gasteiger partial charge is 0.478 e. The first-order chi connectivity index (χ1) is 9.90. The maximum absolute atomic E-state index is 11.2. The number of halogens is 2. The van der Waals surface area contributed by atoms with E-state index in [0.717, 1.165) is 6.20 Å². The minimum absolute atomic E-state index is 0.0214. The van der Waals surface area contributed by atoms with Crippen LogP contribution in [-0.4, -0.2) is 21.0 Å². The lowest BCUT2D eigenvalue weighted by Crippen LogP contribution is -2.02. The lowest BCUT2D eigenvalue weighted by molar-refractivity contribution is -0.386. The molecule has 0 fully saturated rings. The third-order valence-electron chi connectivity index (χ3n) is 2.42. The topological polar surface area (TPSA) is 103 Å². The van der Waals surface area contributed by atoms with Crippen molar-refractivity contribution in [3.63, 3.8) is 0 Å². The van der Waals surface area contributed by atoms with E-state index >= 15 is 0 Å². The van der Waals surface area contributed by atoms with Crippen LogP contribution < -0.4 is 4.74 Å². The number of aromatic nitrogens is 1. The summed E-state index contributed by atoms with van der Waals surface area (Å²) in [5.41, 5.74) is -0.489. The van der Waals surface area contributed by atoms with Crippen molar-refractivity contribution in [1.82, 2.24) is 4.98 Å². The van der Waals surface area contributed by atoms with Gasteiger partial charge in [0.1, 0.15) is 17.5 Å². The zero-order valence-corrected chi connectivity index (χ0v) is 13.3. The number of carbonyl (C=O) groups is 1. The third-order valence-corrected chi connectivity index (χ3v) is 3.48. The monoisotopic (exact) mass is 416 g/mol. The molecule has 0 aliphatic rings. The minimum atomic E-state index is -1.20. The summed E-state index contributed by atoms with van der Waals surface area (Å²) in [5.74, 6) is -1.34. The van der Waals surface area contributed by atoms with Gasteiger partial charge in [-0.1, -0.05) is 15.9 Å². The van der Waals surface area contributed by atoms with Crippen LogP contribution in [0.2, 0.25) is 0 Å². The Bertz CT molecular complexity index is 736. The molecule has 0 unspecified atom stereocenters. The van der Waals surface area contributed by atoms with E-state index in [1.165, 1.54) is 24.4 Å². The molecule has 0 spiro atoms. The van der Waals surface area contributed by atoms with Gasteiger partial charge in [0, 0.05) is 10.7 Å². The van der Waals surface area contributed by atoms with Crippen LogP contribution in [0.15, 0.2) is 39.5 Å². The van der Waals surface area contributed by atoms with Gasteiger partial charge in [0.25, 0.3) is 0 Å². The fourth-order valence-corrected chi connectivity index (χ4v) is 2.25. The van der Waals surface area contributed by atoms with Gasteiger partial charge < -0.3 is 9.84 Å². The Morgan fingerprint density at radius 3 is 2.67 bits per heavy atom. The number of ether oxygens (including phenoxy) is 1. The van der Waals surface area contributed by atoms with Crippen molar-refractivity contribution in [3.8, 4) is 11.5 Å². The number of benzene rings is 1. The van der Waals surface area contributed by atoms with Gasteiger partial charge in [-0.05, 0) is 34.1 Å². The summed E-state index contributed by atoms with van der Waals surface area (Å²) in [6.45, 7) is 0. The first-order valence-corrected chi connectivity index (χ1v) is 6.97. The van der Waals surface area contributed by atoms with Crippen molar-refractivity contribution in [2.75, 3.05) is 0 Å². The molecule has 0 bridgehead atoms. The number of hydrogen-bond donors (Lipinski definition) is 1. The normalized spacial score (nSPS) is 10.2. The van der Waals surface area contributed by atoms with Crippen LogP contribution in [0.25, 0.3) is 0 Å².